The van der Waals surface area contributed by atoms with Gasteiger partial charge in [0.2, 0.25) is 0 Å². The van der Waals surface area contributed by atoms with Crippen molar-refractivity contribution < 1.29 is 4.42 Å². The van der Waals surface area contributed by atoms with E-state index in [9.17, 15) is 0 Å². The van der Waals surface area contributed by atoms with E-state index in [4.69, 9.17) is 52.4 Å². The zero-order valence-corrected chi connectivity index (χ0v) is 28.0. The number of fused-ring (bicyclic) bond motifs is 3. The summed E-state index contributed by atoms with van der Waals surface area (Å²) in [4.78, 5) is 32.9. The summed E-state index contributed by atoms with van der Waals surface area (Å²) < 4.78 is 7.74. The number of nitrogen functional groups attached to an aromatic ring is 2. The number of aryl methyl sites for hydroxylation is 2. The van der Waals surface area contributed by atoms with E-state index in [1.807, 2.05) is 86.8 Å². The van der Waals surface area contributed by atoms with E-state index in [2.05, 4.69) is 15.1 Å². The highest BCUT2D eigenvalue weighted by molar-refractivity contribution is 6.29. The molecule has 0 radical (unpaired) electrons. The van der Waals surface area contributed by atoms with Crippen LogP contribution in [0.4, 0.5) is 11.6 Å². The number of rotatable bonds is 5. The maximum absolute atomic E-state index is 6.51. The number of halogens is 1. The number of nitrogens with zero attached hydrogens (tertiary/aromatic N) is 9. The molecule has 4 N–H and O–H groups in total. The summed E-state index contributed by atoms with van der Waals surface area (Å²) in [5.41, 5.74) is 22.9. The molecule has 0 bridgehead atoms. The Morgan fingerprint density at radius 1 is 0.686 bits per heavy atom. The molecule has 0 amide bonds. The maximum atomic E-state index is 6.51. The lowest BCUT2D eigenvalue weighted by Gasteiger charge is -2.15. The Kier molecular flexibility index (Phi) is 6.93. The van der Waals surface area contributed by atoms with Crippen LogP contribution in [0, 0.1) is 13.8 Å². The molecule has 0 saturated carbocycles. The lowest BCUT2D eigenvalue weighted by atomic mass is 9.96. The minimum Gasteiger partial charge on any atom is -0.460 e. The second-order valence-corrected chi connectivity index (χ2v) is 12.5. The number of hydrogen-bond donors (Lipinski definition) is 2. The highest BCUT2D eigenvalue weighted by atomic mass is 35.5. The van der Waals surface area contributed by atoms with Gasteiger partial charge in [-0.25, -0.2) is 34.4 Å². The smallest absolute Gasteiger partial charge is 0.155 e. The van der Waals surface area contributed by atoms with Gasteiger partial charge in [0, 0.05) is 51.3 Å². The van der Waals surface area contributed by atoms with E-state index in [1.54, 1.807) is 23.0 Å². The van der Waals surface area contributed by atoms with Gasteiger partial charge in [-0.3, -0.25) is 4.98 Å². The molecule has 0 aliphatic rings. The van der Waals surface area contributed by atoms with Gasteiger partial charge in [-0.05, 0) is 67.9 Å². The molecule has 0 fully saturated rings. The van der Waals surface area contributed by atoms with Gasteiger partial charge in [0.15, 0.2) is 17.2 Å². The molecule has 13 heteroatoms. The van der Waals surface area contributed by atoms with E-state index < -0.39 is 0 Å². The molecule has 9 rings (SSSR count). The molecule has 0 atom stereocenters. The molecule has 0 spiro atoms. The van der Waals surface area contributed by atoms with Crippen molar-refractivity contribution in [2.45, 2.75) is 13.8 Å². The van der Waals surface area contributed by atoms with E-state index in [1.165, 1.54) is 6.33 Å². The van der Waals surface area contributed by atoms with Crippen LogP contribution in [0.15, 0.2) is 102 Å². The third-order valence-corrected chi connectivity index (χ3v) is 8.91. The average Bonchev–Trinajstić information content (AvgIpc) is 3.79. The number of anilines is 2. The van der Waals surface area contributed by atoms with Crippen LogP contribution in [-0.4, -0.2) is 44.5 Å². The molecule has 246 valence electrons. The zero-order valence-electron chi connectivity index (χ0n) is 27.2. The first-order valence-electron chi connectivity index (χ1n) is 15.9. The van der Waals surface area contributed by atoms with Crippen molar-refractivity contribution in [2.24, 2.45) is 0 Å². The van der Waals surface area contributed by atoms with Crippen molar-refractivity contribution in [1.29, 1.82) is 0 Å². The monoisotopic (exact) mass is 687 g/mol. The number of benzene rings is 1. The largest absolute Gasteiger partial charge is 0.460 e. The van der Waals surface area contributed by atoms with Crippen LogP contribution in [0.5, 0.6) is 0 Å². The minimum atomic E-state index is 0.231. The van der Waals surface area contributed by atoms with E-state index in [-0.39, 0.29) is 5.82 Å². The molecular weight excluding hydrogens is 662 g/mol. The fourth-order valence-corrected chi connectivity index (χ4v) is 6.67. The Hall–Kier alpha value is -6.79. The maximum Gasteiger partial charge on any atom is 0.155 e. The van der Waals surface area contributed by atoms with Crippen LogP contribution in [0.25, 0.3) is 83.8 Å². The Balaban J connectivity index is 1.21. The summed E-state index contributed by atoms with van der Waals surface area (Å²) in [7, 11) is 0. The van der Waals surface area contributed by atoms with Crippen molar-refractivity contribution in [3.8, 4) is 56.2 Å². The summed E-state index contributed by atoms with van der Waals surface area (Å²) in [6.07, 6.45) is 6.88. The van der Waals surface area contributed by atoms with Gasteiger partial charge in [0.1, 0.15) is 39.8 Å². The summed E-state index contributed by atoms with van der Waals surface area (Å²) in [6, 6.07) is 23.0. The molecule has 8 aromatic heterocycles. The molecule has 51 heavy (non-hydrogen) atoms. The molecule has 1 aromatic carbocycles. The summed E-state index contributed by atoms with van der Waals surface area (Å²) in [5.74, 6) is 1.90. The Bertz CT molecular complexity index is 2810. The lowest BCUT2D eigenvalue weighted by molar-refractivity contribution is 0.547. The Labute approximate surface area is 294 Å². The van der Waals surface area contributed by atoms with Gasteiger partial charge in [-0.2, -0.15) is 5.10 Å². The second-order valence-electron chi connectivity index (χ2n) is 12.1. The Morgan fingerprint density at radius 2 is 1.47 bits per heavy atom. The molecule has 9 aromatic rings. The second kappa shape index (κ2) is 11.7. The Morgan fingerprint density at radius 3 is 2.27 bits per heavy atom. The van der Waals surface area contributed by atoms with Crippen molar-refractivity contribution in [1.82, 2.24) is 44.5 Å². The number of furan rings is 1. The zero-order chi connectivity index (χ0) is 34.8. The fourth-order valence-electron chi connectivity index (χ4n) is 6.42. The van der Waals surface area contributed by atoms with Gasteiger partial charge < -0.3 is 15.9 Å². The van der Waals surface area contributed by atoms with Crippen LogP contribution in [0.2, 0.25) is 5.15 Å². The van der Waals surface area contributed by atoms with E-state index in [0.717, 1.165) is 55.8 Å². The first kappa shape index (κ1) is 30.3. The predicted octanol–water partition coefficient (Wildman–Crippen LogP) is 7.77. The van der Waals surface area contributed by atoms with Crippen LogP contribution >= 0.6 is 11.6 Å². The fraction of sp³-hybridized carbons (Fsp3) is 0.0526. The molecule has 0 unspecified atom stereocenters. The topological polar surface area (TPSA) is 173 Å². The number of nitrogens with two attached hydrogens (primary N) is 2. The molecule has 0 aliphatic carbocycles. The lowest BCUT2D eigenvalue weighted by Crippen LogP contribution is -2.02. The molecule has 0 saturated heterocycles. The molecule has 0 aliphatic heterocycles. The average molecular weight is 688 g/mol. The van der Waals surface area contributed by atoms with Crippen LogP contribution in [-0.2, 0) is 0 Å². The van der Waals surface area contributed by atoms with Crippen molar-refractivity contribution in [2.75, 3.05) is 11.5 Å². The molecule has 8 heterocycles. The van der Waals surface area contributed by atoms with Crippen LogP contribution in [0.3, 0.4) is 0 Å². The SMILES string of the molecule is Cc1cc(-c2c(-c3ccc(C)o3)nc(N)c3ncc(-c4ccc(-c5nc(N)c6cccnc6c5-c5ccc6ncnn6c5)cc4)nc23)cc(Cl)n1. The van der Waals surface area contributed by atoms with Crippen molar-refractivity contribution in [3.63, 3.8) is 0 Å². The molecule has 12 nitrogen and oxygen atoms in total. The van der Waals surface area contributed by atoms with Gasteiger partial charge in [0.05, 0.1) is 23.1 Å². The van der Waals surface area contributed by atoms with Gasteiger partial charge >= 0.3 is 0 Å². The number of aromatic nitrogens is 9. The number of hydrogen-bond acceptors (Lipinski definition) is 11. The van der Waals surface area contributed by atoms with Gasteiger partial charge in [-0.1, -0.05) is 35.9 Å². The quantitative estimate of drug-likeness (QED) is 0.169. The highest BCUT2D eigenvalue weighted by Crippen LogP contribution is 2.41. The van der Waals surface area contributed by atoms with Crippen LogP contribution < -0.4 is 11.5 Å². The van der Waals surface area contributed by atoms with E-state index in [0.29, 0.717) is 50.4 Å². The predicted molar refractivity (Wildman–Crippen MR) is 198 cm³/mol. The normalized spacial score (nSPS) is 11.6. The third-order valence-electron chi connectivity index (χ3n) is 8.71. The summed E-state index contributed by atoms with van der Waals surface area (Å²) >= 11 is 6.45. The van der Waals surface area contributed by atoms with Gasteiger partial charge in [-0.15, -0.1) is 0 Å². The third kappa shape index (κ3) is 5.16. The first-order valence-corrected chi connectivity index (χ1v) is 16.3. The van der Waals surface area contributed by atoms with Crippen LogP contribution in [0.1, 0.15) is 11.5 Å². The summed E-state index contributed by atoms with van der Waals surface area (Å²) in [6.45, 7) is 3.75. The minimum absolute atomic E-state index is 0.231. The first-order chi connectivity index (χ1) is 24.8. The highest BCUT2D eigenvalue weighted by Gasteiger charge is 2.23. The van der Waals surface area contributed by atoms with Crippen molar-refractivity contribution in [3.05, 3.63) is 114 Å². The number of pyridine rings is 5. The van der Waals surface area contributed by atoms with Crippen molar-refractivity contribution >= 4 is 50.8 Å². The molecular formula is C38H26ClN11O. The summed E-state index contributed by atoms with van der Waals surface area (Å²) in [5, 5.41) is 5.44. The van der Waals surface area contributed by atoms with Gasteiger partial charge in [0.25, 0.3) is 0 Å². The van der Waals surface area contributed by atoms with E-state index >= 15 is 0 Å². The standard InChI is InChI=1S/C38H26ClN11O/c1-19-14-24(15-28(39)46-19)31-34(27-11-5-20(2)51-27)49-38(41)36-35(31)47-26(16-43-36)21-6-8-22(9-7-21)32-30(23-10-12-29-44-18-45-50(29)17-23)33-25(37(40)48-32)4-3-13-42-33/h3-18H,1-2H3,(H2,40,48)(H2,41,49).